The van der Waals surface area contributed by atoms with Crippen molar-refractivity contribution in [3.8, 4) is 0 Å². The van der Waals surface area contributed by atoms with Crippen LogP contribution in [0.3, 0.4) is 0 Å². The highest BCUT2D eigenvalue weighted by molar-refractivity contribution is 5.84. The van der Waals surface area contributed by atoms with Crippen molar-refractivity contribution in [1.29, 1.82) is 0 Å². The van der Waals surface area contributed by atoms with E-state index in [1.165, 1.54) is 20.3 Å². The topological polar surface area (TPSA) is 69.7 Å². The molecule has 4 aliphatic carbocycles. The number of fused-ring (bicyclic) bond motifs is 3. The van der Waals surface area contributed by atoms with Crippen LogP contribution in [0.1, 0.15) is 78.6 Å². The average Bonchev–Trinajstić information content (AvgIpc) is 2.87. The Labute approximate surface area is 167 Å². The molecular weight excluding hydrogens is 356 g/mol. The lowest BCUT2D eigenvalue weighted by Crippen LogP contribution is -2.56. The van der Waals surface area contributed by atoms with E-state index in [2.05, 4.69) is 13.8 Å². The smallest absolute Gasteiger partial charge is 0.350 e. The zero-order chi connectivity index (χ0) is 20.4. The Hall–Kier alpha value is -1.39. The summed E-state index contributed by atoms with van der Waals surface area (Å²) in [6, 6.07) is 0. The van der Waals surface area contributed by atoms with Crippen LogP contribution < -0.4 is 0 Å². The molecule has 4 rings (SSSR count). The number of carbonyl (C=O) groups is 3. The normalized spacial score (nSPS) is 49.5. The van der Waals surface area contributed by atoms with Crippen LogP contribution in [0.5, 0.6) is 0 Å². The largest absolute Gasteiger partial charge is 0.466 e. The van der Waals surface area contributed by atoms with Gasteiger partial charge in [-0.05, 0) is 67.6 Å². The lowest BCUT2D eigenvalue weighted by Gasteiger charge is -2.63. The van der Waals surface area contributed by atoms with E-state index in [1.54, 1.807) is 0 Å². The number of rotatable bonds is 3. The highest BCUT2D eigenvalue weighted by atomic mass is 16.6. The Morgan fingerprint density at radius 2 is 1.79 bits per heavy atom. The number of hydrogen-bond donors (Lipinski definition) is 0. The van der Waals surface area contributed by atoms with Gasteiger partial charge in [0.15, 0.2) is 0 Å². The maximum absolute atomic E-state index is 12.9. The summed E-state index contributed by atoms with van der Waals surface area (Å²) in [6.45, 7) is 5.93. The molecule has 0 saturated heterocycles. The fraction of sp³-hybridized carbons (Fsp3) is 0.870. The van der Waals surface area contributed by atoms with Crippen LogP contribution in [-0.2, 0) is 23.9 Å². The third-order valence-corrected chi connectivity index (χ3v) is 9.35. The third-order valence-electron chi connectivity index (χ3n) is 9.35. The number of hydrogen-bond acceptors (Lipinski definition) is 5. The summed E-state index contributed by atoms with van der Waals surface area (Å²) in [7, 11) is 1.39. The molecule has 1 spiro atoms. The van der Waals surface area contributed by atoms with Gasteiger partial charge < -0.3 is 14.3 Å². The highest BCUT2D eigenvalue weighted by Crippen LogP contribution is 2.73. The summed E-state index contributed by atoms with van der Waals surface area (Å²) in [5.74, 6) is 0.120. The van der Waals surface area contributed by atoms with Gasteiger partial charge in [-0.3, -0.25) is 4.79 Å². The Bertz CT molecular complexity index is 703. The van der Waals surface area contributed by atoms with Crippen molar-refractivity contribution in [2.45, 2.75) is 84.2 Å². The van der Waals surface area contributed by atoms with Crippen molar-refractivity contribution < 1.29 is 23.9 Å². The Morgan fingerprint density at radius 1 is 1.04 bits per heavy atom. The van der Waals surface area contributed by atoms with Crippen LogP contribution in [0.15, 0.2) is 0 Å². The minimum atomic E-state index is -1.12. The molecule has 4 fully saturated rings. The van der Waals surface area contributed by atoms with Gasteiger partial charge in [0, 0.05) is 24.7 Å². The number of esters is 2. The van der Waals surface area contributed by atoms with E-state index in [9.17, 15) is 14.4 Å². The van der Waals surface area contributed by atoms with Crippen molar-refractivity contribution in [2.75, 3.05) is 7.11 Å². The predicted molar refractivity (Wildman–Crippen MR) is 103 cm³/mol. The minimum absolute atomic E-state index is 0.0128. The molecule has 0 aromatic rings. The summed E-state index contributed by atoms with van der Waals surface area (Å²) in [6.07, 6.45) is 9.92. The van der Waals surface area contributed by atoms with Crippen molar-refractivity contribution in [2.24, 2.45) is 34.0 Å². The predicted octanol–water partition coefficient (Wildman–Crippen LogP) is 4.07. The second-order valence-electron chi connectivity index (χ2n) is 10.6. The minimum Gasteiger partial charge on any atom is -0.466 e. The molecule has 0 aliphatic heterocycles. The van der Waals surface area contributed by atoms with Crippen LogP contribution in [-0.4, -0.2) is 30.9 Å². The summed E-state index contributed by atoms with van der Waals surface area (Å²) in [5, 5.41) is 0. The first-order valence-electron chi connectivity index (χ1n) is 10.9. The van der Waals surface area contributed by atoms with Crippen molar-refractivity contribution in [3.63, 3.8) is 0 Å². The second-order valence-corrected chi connectivity index (χ2v) is 10.6. The molecule has 2 unspecified atom stereocenters. The van der Waals surface area contributed by atoms with Gasteiger partial charge in [0.1, 0.15) is 6.29 Å². The van der Waals surface area contributed by atoms with Gasteiger partial charge >= 0.3 is 11.9 Å². The number of methoxy groups -OCH3 is 1. The molecule has 0 N–H and O–H groups in total. The van der Waals surface area contributed by atoms with E-state index in [0.29, 0.717) is 18.3 Å². The van der Waals surface area contributed by atoms with E-state index in [0.717, 1.165) is 51.4 Å². The molecule has 2 bridgehead atoms. The first kappa shape index (κ1) is 19.9. The number of ether oxygens (including phenoxy) is 2. The molecule has 4 aliphatic rings. The van der Waals surface area contributed by atoms with E-state index in [-0.39, 0.29) is 28.1 Å². The monoisotopic (exact) mass is 390 g/mol. The molecule has 4 saturated carbocycles. The molecule has 7 atom stereocenters. The first-order chi connectivity index (χ1) is 13.2. The number of aldehydes is 1. The van der Waals surface area contributed by atoms with Gasteiger partial charge in [0.25, 0.3) is 0 Å². The Morgan fingerprint density at radius 3 is 2.43 bits per heavy atom. The molecular formula is C23H34O5. The highest BCUT2D eigenvalue weighted by Gasteiger charge is 2.71. The van der Waals surface area contributed by atoms with Gasteiger partial charge in [-0.15, -0.1) is 0 Å². The molecule has 0 heterocycles. The maximum Gasteiger partial charge on any atom is 0.350 e. The standard InChI is InChI=1S/C23H34O5/c1-15(25)28-23(19(26)27-4)13-22-11-8-17-20(2,14-24)9-5-10-21(17,3)18(22)7-6-16(23)12-22/h14,16-18H,5-13H2,1-4H3/t16-,17?,18?,20+,21-,22+,23+/m1/s1. The zero-order valence-corrected chi connectivity index (χ0v) is 17.7. The van der Waals surface area contributed by atoms with E-state index in [4.69, 9.17) is 9.47 Å². The van der Waals surface area contributed by atoms with E-state index in [1.807, 2.05) is 0 Å². The van der Waals surface area contributed by atoms with E-state index >= 15 is 0 Å². The molecule has 0 aromatic heterocycles. The van der Waals surface area contributed by atoms with Gasteiger partial charge in [0.05, 0.1) is 7.11 Å². The SMILES string of the molecule is COC(=O)[C@]1(OC(C)=O)C[C@@]23CCC4[C@@](C)(CCC[C@@]4(C)C=O)C2CC[C@@H]1C3. The van der Waals surface area contributed by atoms with Gasteiger partial charge in [0.2, 0.25) is 5.60 Å². The Kier molecular flexibility index (Phi) is 4.48. The lowest BCUT2D eigenvalue weighted by atomic mass is 9.41. The first-order valence-corrected chi connectivity index (χ1v) is 10.9. The van der Waals surface area contributed by atoms with Crippen LogP contribution >= 0.6 is 0 Å². The molecule has 156 valence electrons. The lowest BCUT2D eigenvalue weighted by molar-refractivity contribution is -0.185. The van der Waals surface area contributed by atoms with Crippen LogP contribution in [0.4, 0.5) is 0 Å². The summed E-state index contributed by atoms with van der Waals surface area (Å²) >= 11 is 0. The fourth-order valence-electron chi connectivity index (χ4n) is 8.49. The second kappa shape index (κ2) is 6.30. The third kappa shape index (κ3) is 2.46. The Balaban J connectivity index is 1.73. The fourth-order valence-corrected chi connectivity index (χ4v) is 8.49. The molecule has 0 radical (unpaired) electrons. The molecule has 5 heteroatoms. The van der Waals surface area contributed by atoms with E-state index < -0.39 is 11.6 Å². The summed E-state index contributed by atoms with van der Waals surface area (Å²) in [4.78, 5) is 36.8. The molecule has 28 heavy (non-hydrogen) atoms. The summed E-state index contributed by atoms with van der Waals surface area (Å²) in [5.41, 5.74) is -1.24. The quantitative estimate of drug-likeness (QED) is 0.537. The molecule has 0 amide bonds. The van der Waals surface area contributed by atoms with Gasteiger partial charge in [-0.1, -0.05) is 20.3 Å². The van der Waals surface area contributed by atoms with Gasteiger partial charge in [-0.25, -0.2) is 4.79 Å². The van der Waals surface area contributed by atoms with Crippen molar-refractivity contribution >= 4 is 18.2 Å². The van der Waals surface area contributed by atoms with Crippen LogP contribution in [0, 0.1) is 34.0 Å². The zero-order valence-electron chi connectivity index (χ0n) is 17.7. The molecule has 5 nitrogen and oxygen atoms in total. The van der Waals surface area contributed by atoms with Crippen molar-refractivity contribution in [3.05, 3.63) is 0 Å². The van der Waals surface area contributed by atoms with Gasteiger partial charge in [-0.2, -0.15) is 0 Å². The number of carbonyl (C=O) groups excluding carboxylic acids is 3. The maximum atomic E-state index is 12.9. The average molecular weight is 391 g/mol. The molecule has 0 aromatic carbocycles. The summed E-state index contributed by atoms with van der Waals surface area (Å²) < 4.78 is 10.9. The van der Waals surface area contributed by atoms with Crippen molar-refractivity contribution in [1.82, 2.24) is 0 Å². The van der Waals surface area contributed by atoms with Crippen LogP contribution in [0.2, 0.25) is 0 Å². The van der Waals surface area contributed by atoms with Crippen LogP contribution in [0.25, 0.3) is 0 Å².